The molecule has 1 aliphatic rings. The van der Waals surface area contributed by atoms with Crippen LogP contribution in [0.15, 0.2) is 21.5 Å². The first kappa shape index (κ1) is 15.7. The molecule has 0 saturated heterocycles. The number of anilines is 1. The molecule has 1 aromatic carbocycles. The minimum Gasteiger partial charge on any atom is -0.396 e. The van der Waals surface area contributed by atoms with Crippen molar-refractivity contribution < 1.29 is 12.8 Å². The van der Waals surface area contributed by atoms with Gasteiger partial charge in [0.05, 0.1) is 10.6 Å². The van der Waals surface area contributed by atoms with Gasteiger partial charge in [-0.3, -0.25) is 0 Å². The molecule has 0 bridgehead atoms. The van der Waals surface area contributed by atoms with Gasteiger partial charge in [-0.15, -0.1) is 0 Å². The van der Waals surface area contributed by atoms with E-state index in [-0.39, 0.29) is 20.5 Å². The first-order valence-corrected chi connectivity index (χ1v) is 8.81. The molecular weight excluding hydrogens is 347 g/mol. The molecular formula is C13H18BrFN2O2S. The molecule has 0 radical (unpaired) electrons. The first-order valence-electron chi connectivity index (χ1n) is 6.54. The molecule has 0 atom stereocenters. The molecule has 20 heavy (non-hydrogen) atoms. The smallest absolute Gasteiger partial charge is 0.241 e. The van der Waals surface area contributed by atoms with E-state index in [9.17, 15) is 12.8 Å². The Morgan fingerprint density at radius 1 is 1.45 bits per heavy atom. The lowest BCUT2D eigenvalue weighted by Crippen LogP contribution is -2.41. The Hall–Kier alpha value is -0.660. The van der Waals surface area contributed by atoms with E-state index in [1.165, 1.54) is 0 Å². The van der Waals surface area contributed by atoms with Crippen LogP contribution < -0.4 is 10.5 Å². The highest BCUT2D eigenvalue weighted by atomic mass is 79.9. The Morgan fingerprint density at radius 3 is 2.60 bits per heavy atom. The Balaban J connectivity index is 2.20. The lowest BCUT2D eigenvalue weighted by atomic mass is 9.67. The molecule has 2 rings (SSSR count). The molecule has 4 nitrogen and oxygen atoms in total. The molecule has 0 amide bonds. The summed E-state index contributed by atoms with van der Waals surface area (Å²) in [6.07, 6.45) is 4.17. The van der Waals surface area contributed by atoms with Crippen molar-refractivity contribution in [1.82, 2.24) is 4.72 Å². The van der Waals surface area contributed by atoms with Gasteiger partial charge in [-0.2, -0.15) is 0 Å². The quantitative estimate of drug-likeness (QED) is 0.788. The van der Waals surface area contributed by atoms with Gasteiger partial charge in [-0.1, -0.05) is 13.3 Å². The summed E-state index contributed by atoms with van der Waals surface area (Å²) in [4.78, 5) is -0.0259. The summed E-state index contributed by atoms with van der Waals surface area (Å²) in [5, 5.41) is 0. The second kappa shape index (κ2) is 5.61. The summed E-state index contributed by atoms with van der Waals surface area (Å²) in [7, 11) is -3.69. The van der Waals surface area contributed by atoms with Crippen LogP contribution in [0.1, 0.15) is 32.6 Å². The number of hydrogen-bond donors (Lipinski definition) is 2. The van der Waals surface area contributed by atoms with Gasteiger partial charge < -0.3 is 5.73 Å². The number of nitrogen functional groups attached to an aromatic ring is 1. The number of rotatable bonds is 5. The van der Waals surface area contributed by atoms with Crippen molar-refractivity contribution >= 4 is 31.6 Å². The fourth-order valence-electron chi connectivity index (χ4n) is 2.41. The van der Waals surface area contributed by atoms with E-state index in [2.05, 4.69) is 27.6 Å². The van der Waals surface area contributed by atoms with E-state index in [1.54, 1.807) is 0 Å². The predicted molar refractivity (Wildman–Crippen MR) is 80.3 cm³/mol. The first-order chi connectivity index (χ1) is 9.30. The fraction of sp³-hybridized carbons (Fsp3) is 0.538. The molecule has 3 N–H and O–H groups in total. The van der Waals surface area contributed by atoms with Crippen LogP contribution in [-0.4, -0.2) is 15.0 Å². The van der Waals surface area contributed by atoms with Crippen molar-refractivity contribution in [2.75, 3.05) is 12.3 Å². The van der Waals surface area contributed by atoms with E-state index in [0.717, 1.165) is 37.8 Å². The van der Waals surface area contributed by atoms with Crippen LogP contribution in [0.2, 0.25) is 0 Å². The van der Waals surface area contributed by atoms with Crippen LogP contribution in [0.25, 0.3) is 0 Å². The molecule has 112 valence electrons. The zero-order chi connectivity index (χ0) is 15.0. The third-order valence-corrected chi connectivity index (χ3v) is 6.50. The lowest BCUT2D eigenvalue weighted by molar-refractivity contribution is 0.133. The Morgan fingerprint density at radius 2 is 2.10 bits per heavy atom. The van der Waals surface area contributed by atoms with Crippen molar-refractivity contribution in [3.63, 3.8) is 0 Å². The SMILES string of the molecule is CCC1(CNS(=O)(=O)c2cc(N)c(F)cc2Br)CCC1. The highest BCUT2D eigenvalue weighted by molar-refractivity contribution is 9.10. The normalized spacial score (nSPS) is 17.8. The maximum Gasteiger partial charge on any atom is 0.241 e. The summed E-state index contributed by atoms with van der Waals surface area (Å²) in [6.45, 7) is 2.48. The van der Waals surface area contributed by atoms with Crippen molar-refractivity contribution in [2.24, 2.45) is 5.41 Å². The third-order valence-electron chi connectivity index (χ3n) is 4.14. The molecule has 0 aromatic heterocycles. The molecule has 1 saturated carbocycles. The Labute approximate surface area is 127 Å². The van der Waals surface area contributed by atoms with Gasteiger partial charge in [0.2, 0.25) is 10.0 Å². The number of halogens is 2. The summed E-state index contributed by atoms with van der Waals surface area (Å²) in [5.41, 5.74) is 5.34. The van der Waals surface area contributed by atoms with Gasteiger partial charge in [-0.05, 0) is 52.7 Å². The number of sulfonamides is 1. The van der Waals surface area contributed by atoms with E-state index in [4.69, 9.17) is 5.73 Å². The minimum atomic E-state index is -3.69. The molecule has 1 aliphatic carbocycles. The van der Waals surface area contributed by atoms with Crippen molar-refractivity contribution in [3.05, 3.63) is 22.4 Å². The number of hydrogen-bond acceptors (Lipinski definition) is 3. The zero-order valence-corrected chi connectivity index (χ0v) is 13.7. The van der Waals surface area contributed by atoms with Gasteiger partial charge in [-0.25, -0.2) is 17.5 Å². The molecule has 7 heteroatoms. The second-order valence-corrected chi connectivity index (χ2v) is 7.93. The fourth-order valence-corrected chi connectivity index (χ4v) is 4.61. The van der Waals surface area contributed by atoms with E-state index in [0.29, 0.717) is 6.54 Å². The van der Waals surface area contributed by atoms with Gasteiger partial charge >= 0.3 is 0 Å². The van der Waals surface area contributed by atoms with E-state index >= 15 is 0 Å². The molecule has 0 aliphatic heterocycles. The van der Waals surface area contributed by atoms with Crippen LogP contribution in [0.3, 0.4) is 0 Å². The average molecular weight is 365 g/mol. The van der Waals surface area contributed by atoms with Crippen molar-refractivity contribution in [2.45, 2.75) is 37.5 Å². The highest BCUT2D eigenvalue weighted by Gasteiger charge is 2.36. The van der Waals surface area contributed by atoms with Gasteiger partial charge in [0.1, 0.15) is 5.82 Å². The molecule has 1 aromatic rings. The molecule has 1 fully saturated rings. The topological polar surface area (TPSA) is 72.2 Å². The number of nitrogens with two attached hydrogens (primary N) is 1. The zero-order valence-electron chi connectivity index (χ0n) is 11.2. The lowest BCUT2D eigenvalue weighted by Gasteiger charge is -2.41. The summed E-state index contributed by atoms with van der Waals surface area (Å²) < 4.78 is 40.7. The summed E-state index contributed by atoms with van der Waals surface area (Å²) >= 11 is 3.07. The number of benzene rings is 1. The van der Waals surface area contributed by atoms with Crippen LogP contribution >= 0.6 is 15.9 Å². The Bertz CT molecular complexity index is 610. The largest absolute Gasteiger partial charge is 0.396 e. The maximum absolute atomic E-state index is 13.3. The predicted octanol–water partition coefficient (Wildman–Crippen LogP) is 3.03. The Kier molecular flexibility index (Phi) is 4.41. The monoisotopic (exact) mass is 364 g/mol. The molecule has 0 unspecified atom stereocenters. The van der Waals surface area contributed by atoms with E-state index < -0.39 is 15.8 Å². The van der Waals surface area contributed by atoms with Crippen LogP contribution in [0.4, 0.5) is 10.1 Å². The standard InChI is InChI=1S/C13H18BrFN2O2S/c1-2-13(4-3-5-13)8-17-20(18,19)12-7-11(16)10(15)6-9(12)14/h6-7,17H,2-5,8,16H2,1H3. The molecule has 0 spiro atoms. The van der Waals surface area contributed by atoms with Gasteiger partial charge in [0.15, 0.2) is 0 Å². The summed E-state index contributed by atoms with van der Waals surface area (Å²) in [6, 6.07) is 2.21. The van der Waals surface area contributed by atoms with Crippen molar-refractivity contribution in [1.29, 1.82) is 0 Å². The third kappa shape index (κ3) is 2.99. The van der Waals surface area contributed by atoms with Crippen LogP contribution in [0, 0.1) is 11.2 Å². The highest BCUT2D eigenvalue weighted by Crippen LogP contribution is 2.43. The molecule has 0 heterocycles. The maximum atomic E-state index is 13.3. The van der Waals surface area contributed by atoms with E-state index in [1.807, 2.05) is 0 Å². The number of nitrogens with one attached hydrogen (secondary N) is 1. The van der Waals surface area contributed by atoms with Crippen LogP contribution in [-0.2, 0) is 10.0 Å². The van der Waals surface area contributed by atoms with Gasteiger partial charge in [0, 0.05) is 11.0 Å². The second-order valence-electron chi connectivity index (χ2n) is 5.34. The average Bonchev–Trinajstić information content (AvgIpc) is 2.32. The van der Waals surface area contributed by atoms with Crippen LogP contribution in [0.5, 0.6) is 0 Å². The minimum absolute atomic E-state index is 0.0259. The van der Waals surface area contributed by atoms with Gasteiger partial charge in [0.25, 0.3) is 0 Å². The summed E-state index contributed by atoms with van der Waals surface area (Å²) in [5.74, 6) is -0.639. The van der Waals surface area contributed by atoms with Crippen molar-refractivity contribution in [3.8, 4) is 0 Å².